The molecule has 1 saturated carbocycles. The van der Waals surface area contributed by atoms with Crippen LogP contribution in [0.15, 0.2) is 54.9 Å². The fourth-order valence-electron chi connectivity index (χ4n) is 6.79. The maximum atomic E-state index is 14.0. The maximum Gasteiger partial charge on any atom is 0.319 e. The molecule has 1 amide bonds. The van der Waals surface area contributed by atoms with Gasteiger partial charge in [0, 0.05) is 47.0 Å². The molecule has 1 aromatic heterocycles. The third-order valence-electron chi connectivity index (χ3n) is 9.44. The van der Waals surface area contributed by atoms with E-state index < -0.39 is 17.8 Å². The lowest BCUT2D eigenvalue weighted by molar-refractivity contribution is -0.131. The van der Waals surface area contributed by atoms with Gasteiger partial charge in [-0.05, 0) is 62.4 Å². The van der Waals surface area contributed by atoms with Crippen molar-refractivity contribution in [1.29, 1.82) is 0 Å². The highest BCUT2D eigenvalue weighted by molar-refractivity contribution is 6.38. The van der Waals surface area contributed by atoms with Gasteiger partial charge in [0.05, 0.1) is 11.1 Å². The molecule has 3 aliphatic rings. The fourth-order valence-corrected chi connectivity index (χ4v) is 7.37. The number of amides is 1. The molecule has 2 aliphatic heterocycles. The molecule has 0 N–H and O–H groups in total. The number of fused-ring (bicyclic) bond motifs is 2. The number of carbonyl (C=O) groups excluding carboxylic acids is 1. The molecular weight excluding hydrogens is 654 g/mol. The van der Waals surface area contributed by atoms with Crippen molar-refractivity contribution in [1.82, 2.24) is 19.8 Å². The third kappa shape index (κ3) is 6.23. The highest BCUT2D eigenvalue weighted by Crippen LogP contribution is 2.49. The summed E-state index contributed by atoms with van der Waals surface area (Å²) in [7, 11) is 2.09. The van der Waals surface area contributed by atoms with Crippen molar-refractivity contribution in [3.63, 3.8) is 0 Å². The van der Waals surface area contributed by atoms with E-state index >= 15 is 0 Å². The normalized spacial score (nSPS) is 19.9. The quantitative estimate of drug-likeness (QED) is 0.136. The summed E-state index contributed by atoms with van der Waals surface area (Å²) in [4.78, 5) is 31.7. The number of piperazine rings is 1. The topological polar surface area (TPSA) is 75.4 Å². The molecule has 3 aromatic carbocycles. The van der Waals surface area contributed by atoms with Gasteiger partial charge in [0.1, 0.15) is 24.0 Å². The molecule has 0 radical (unpaired) electrons. The second-order valence-electron chi connectivity index (χ2n) is 12.7. The number of hydrogen-bond acceptors (Lipinski definition) is 7. The van der Waals surface area contributed by atoms with E-state index in [9.17, 15) is 9.18 Å². The molecule has 48 heavy (non-hydrogen) atoms. The average Bonchev–Trinajstić information content (AvgIpc) is 3.80. The zero-order valence-corrected chi connectivity index (χ0v) is 28.1. The molecule has 3 fully saturated rings. The molecule has 248 valence electrons. The number of nitrogens with zero attached hydrogens (tertiary/aromatic N) is 6. The van der Waals surface area contributed by atoms with Gasteiger partial charge < -0.3 is 29.0 Å². The lowest BCUT2D eigenvalue weighted by Gasteiger charge is -2.39. The molecule has 12 heteroatoms. The first-order valence-electron chi connectivity index (χ1n) is 16.2. The van der Waals surface area contributed by atoms with Gasteiger partial charge in [-0.3, -0.25) is 4.79 Å². The number of benzene rings is 3. The number of likely N-dealkylation sites (tertiary alicyclic amines) is 1. The largest absolute Gasteiger partial charge is 0.487 e. The molecular formula is C36H35Cl2FN6O3. The number of halogens is 3. The fraction of sp³-hybridized carbons (Fsp3) is 0.389. The third-order valence-corrected chi connectivity index (χ3v) is 10.1. The first kappa shape index (κ1) is 32.4. The number of ether oxygens (including phenoxy) is 2. The van der Waals surface area contributed by atoms with E-state index in [1.54, 1.807) is 0 Å². The van der Waals surface area contributed by atoms with Crippen LogP contribution in [-0.4, -0.2) is 90.2 Å². The molecule has 0 bridgehead atoms. The molecule has 0 spiro atoms. The Morgan fingerprint density at radius 1 is 1.08 bits per heavy atom. The molecule has 3 heterocycles. The van der Waals surface area contributed by atoms with Gasteiger partial charge in [-0.2, -0.15) is 9.97 Å². The minimum Gasteiger partial charge on any atom is -0.487 e. The Balaban J connectivity index is 1.40. The van der Waals surface area contributed by atoms with Gasteiger partial charge in [0.25, 0.3) is 5.91 Å². The van der Waals surface area contributed by atoms with E-state index in [0.29, 0.717) is 51.2 Å². The Hall–Kier alpha value is -4.17. The van der Waals surface area contributed by atoms with Gasteiger partial charge in [-0.15, -0.1) is 0 Å². The number of hydrogen-bond donors (Lipinski definition) is 0. The number of carbonyl (C=O) groups is 1. The highest BCUT2D eigenvalue weighted by Gasteiger charge is 2.36. The van der Waals surface area contributed by atoms with Crippen molar-refractivity contribution < 1.29 is 18.7 Å². The molecule has 9 nitrogen and oxygen atoms in total. The van der Waals surface area contributed by atoms with Crippen LogP contribution in [0.4, 0.5) is 10.2 Å². The van der Waals surface area contributed by atoms with Gasteiger partial charge in [-0.25, -0.2) is 11.0 Å². The Morgan fingerprint density at radius 2 is 1.88 bits per heavy atom. The van der Waals surface area contributed by atoms with E-state index in [4.69, 9.17) is 49.2 Å². The second-order valence-corrected chi connectivity index (χ2v) is 13.5. The summed E-state index contributed by atoms with van der Waals surface area (Å²) >= 11 is 14.0. The Bertz CT molecular complexity index is 1960. The minimum atomic E-state index is -1.05. The predicted octanol–water partition coefficient (Wildman–Crippen LogP) is 7.19. The summed E-state index contributed by atoms with van der Waals surface area (Å²) < 4.78 is 27.0. The van der Waals surface area contributed by atoms with Gasteiger partial charge in [-0.1, -0.05) is 60.1 Å². The lowest BCUT2D eigenvalue weighted by Crippen LogP contribution is -2.56. The van der Waals surface area contributed by atoms with E-state index in [1.165, 1.54) is 4.90 Å². The van der Waals surface area contributed by atoms with Crippen LogP contribution in [0.5, 0.6) is 11.8 Å². The van der Waals surface area contributed by atoms with Gasteiger partial charge in [0.2, 0.25) is 6.54 Å². The number of aromatic nitrogens is 2. The molecule has 1 aliphatic carbocycles. The van der Waals surface area contributed by atoms with Gasteiger partial charge in [0.15, 0.2) is 11.6 Å². The van der Waals surface area contributed by atoms with Crippen molar-refractivity contribution in [3.8, 4) is 22.9 Å². The summed E-state index contributed by atoms with van der Waals surface area (Å²) in [5.74, 6) is -0.782. The summed E-state index contributed by atoms with van der Waals surface area (Å²) in [6.45, 7) is 12.9. The maximum absolute atomic E-state index is 14.0. The predicted molar refractivity (Wildman–Crippen MR) is 187 cm³/mol. The van der Waals surface area contributed by atoms with Crippen molar-refractivity contribution in [2.75, 3.05) is 51.3 Å². The molecule has 2 atom stereocenters. The number of likely N-dealkylation sites (N-methyl/N-ethyl adjacent to an activating group) is 1. The summed E-state index contributed by atoms with van der Waals surface area (Å²) in [5.41, 5.74) is 2.05. The Kier molecular flexibility index (Phi) is 9.03. The number of anilines is 1. The summed E-state index contributed by atoms with van der Waals surface area (Å²) in [6.07, 6.45) is 3.94. The Morgan fingerprint density at radius 3 is 2.58 bits per heavy atom. The highest BCUT2D eigenvalue weighted by atomic mass is 35.5. The zero-order chi connectivity index (χ0) is 33.5. The van der Waals surface area contributed by atoms with Crippen LogP contribution in [0.25, 0.3) is 37.6 Å². The van der Waals surface area contributed by atoms with Crippen LogP contribution >= 0.6 is 23.2 Å². The van der Waals surface area contributed by atoms with Crippen LogP contribution in [0, 0.1) is 6.57 Å². The van der Waals surface area contributed by atoms with E-state index in [1.807, 2.05) is 47.4 Å². The minimum absolute atomic E-state index is 0.00130. The average molecular weight is 690 g/mol. The van der Waals surface area contributed by atoms with Crippen molar-refractivity contribution >= 4 is 56.6 Å². The Labute approximate surface area is 288 Å². The zero-order valence-electron chi connectivity index (χ0n) is 26.6. The van der Waals surface area contributed by atoms with Crippen LogP contribution < -0.4 is 14.4 Å². The first-order valence-corrected chi connectivity index (χ1v) is 16.9. The van der Waals surface area contributed by atoms with Crippen LogP contribution in [-0.2, 0) is 4.79 Å². The van der Waals surface area contributed by atoms with Crippen molar-refractivity contribution in [2.45, 2.75) is 43.9 Å². The second kappa shape index (κ2) is 13.4. The van der Waals surface area contributed by atoms with Crippen LogP contribution in [0.3, 0.4) is 0 Å². The SMILES string of the molecule is [C-]#[N+]C[C@H]1CN(c2nc(OC[C@@H]3CCCN3C)nc3c(OC4CC4)c(-c4cccc5cccc(Cl)c45)c(Cl)cc23)CCN1C(=O)C(=C)F. The van der Waals surface area contributed by atoms with Crippen molar-refractivity contribution in [3.05, 3.63) is 76.3 Å². The van der Waals surface area contributed by atoms with Crippen LogP contribution in [0.1, 0.15) is 25.7 Å². The lowest BCUT2D eigenvalue weighted by atomic mass is 9.96. The number of rotatable bonds is 9. The standard InChI is InChI=1S/C36H35Cl2FN6O3/c1-21(39)35(46)45-16-15-44(19-24(45)18-40-2)34-27-17-29(38)31(26-10-4-7-22-8-5-11-28(37)30(22)26)33(48-25-12-13-25)32(27)41-36(42-34)47-20-23-9-6-14-43(23)3/h4-5,7-8,10-11,17,23-25H,1,6,9,12-16,18-20H2,3H3/t23-,24-/m0/s1. The summed E-state index contributed by atoms with van der Waals surface area (Å²) in [5, 5.41) is 3.51. The van der Waals surface area contributed by atoms with Crippen LogP contribution in [0.2, 0.25) is 10.0 Å². The van der Waals surface area contributed by atoms with E-state index in [-0.39, 0.29) is 37.8 Å². The molecule has 0 unspecified atom stereocenters. The molecule has 7 rings (SSSR count). The monoisotopic (exact) mass is 688 g/mol. The summed E-state index contributed by atoms with van der Waals surface area (Å²) in [6, 6.07) is 13.5. The van der Waals surface area contributed by atoms with E-state index in [2.05, 4.69) is 23.4 Å². The molecule has 2 saturated heterocycles. The van der Waals surface area contributed by atoms with Crippen molar-refractivity contribution in [2.24, 2.45) is 0 Å². The van der Waals surface area contributed by atoms with Gasteiger partial charge >= 0.3 is 6.01 Å². The smallest absolute Gasteiger partial charge is 0.319 e. The van der Waals surface area contributed by atoms with E-state index in [0.717, 1.165) is 48.6 Å². The first-order chi connectivity index (χ1) is 23.2. The molecule has 4 aromatic rings.